The second-order valence-corrected chi connectivity index (χ2v) is 3.02. The highest BCUT2D eigenvalue weighted by molar-refractivity contribution is 5.95. The monoisotopic (exact) mass is 225 g/mol. The molecule has 0 saturated heterocycles. The number of hydrogen-bond acceptors (Lipinski definition) is 3. The van der Waals surface area contributed by atoms with Gasteiger partial charge >= 0.3 is 0 Å². The van der Waals surface area contributed by atoms with Gasteiger partial charge in [-0.15, -0.1) is 0 Å². The van der Waals surface area contributed by atoms with E-state index in [1.807, 2.05) is 0 Å². The van der Waals surface area contributed by atoms with Crippen molar-refractivity contribution in [2.45, 2.75) is 6.92 Å². The van der Waals surface area contributed by atoms with E-state index in [-0.39, 0.29) is 11.5 Å². The van der Waals surface area contributed by atoms with Crippen LogP contribution in [0.3, 0.4) is 0 Å². The fraction of sp³-hybridized carbons (Fsp3) is 0.200. The summed E-state index contributed by atoms with van der Waals surface area (Å²) in [6.07, 6.45) is 3.20. The highest BCUT2D eigenvalue weighted by Crippen LogP contribution is 2.13. The van der Waals surface area contributed by atoms with Gasteiger partial charge in [-0.25, -0.2) is 4.39 Å². The molecule has 0 aromatic carbocycles. The summed E-state index contributed by atoms with van der Waals surface area (Å²) in [6, 6.07) is 0. The Morgan fingerprint density at radius 3 is 2.81 bits per heavy atom. The maximum atomic E-state index is 12.2. The highest BCUT2D eigenvalue weighted by Gasteiger charge is 2.12. The Balaban J connectivity index is 3.05. The zero-order valence-electron chi connectivity index (χ0n) is 8.95. The van der Waals surface area contributed by atoms with E-state index in [0.717, 1.165) is 0 Å². The Kier molecular flexibility index (Phi) is 3.82. The average Bonchev–Trinajstić information content (AvgIpc) is 2.62. The summed E-state index contributed by atoms with van der Waals surface area (Å²) in [6.45, 7) is 1.73. The average molecular weight is 225 g/mol. The molecule has 0 saturated carbocycles. The molecule has 0 spiro atoms. The minimum atomic E-state index is -0.646. The van der Waals surface area contributed by atoms with Crippen LogP contribution in [-0.4, -0.2) is 23.2 Å². The Morgan fingerprint density at radius 1 is 1.62 bits per heavy atom. The van der Waals surface area contributed by atoms with Crippen LogP contribution in [-0.2, 0) is 4.74 Å². The smallest absolute Gasteiger partial charge is 0.269 e. The first-order valence-corrected chi connectivity index (χ1v) is 4.47. The molecule has 1 heterocycles. The number of nitrogens with zero attached hydrogens (tertiary/aromatic N) is 1. The minimum Gasteiger partial charge on any atom is -0.494 e. The molecule has 0 unspecified atom stereocenters. The molecule has 16 heavy (non-hydrogen) atoms. The number of nitrogens with two attached hydrogens (primary N) is 1. The molecule has 0 aliphatic heterocycles. The van der Waals surface area contributed by atoms with Gasteiger partial charge in [0.05, 0.1) is 7.11 Å². The summed E-state index contributed by atoms with van der Waals surface area (Å²) in [7, 11) is 1.34. The van der Waals surface area contributed by atoms with E-state index in [9.17, 15) is 9.18 Å². The van der Waals surface area contributed by atoms with Crippen LogP contribution in [0.15, 0.2) is 18.2 Å². The summed E-state index contributed by atoms with van der Waals surface area (Å²) in [5, 5.41) is 6.36. The molecule has 86 valence electrons. The van der Waals surface area contributed by atoms with Crippen molar-refractivity contribution in [3.63, 3.8) is 0 Å². The lowest BCUT2D eigenvalue weighted by molar-refractivity contribution is 0.0995. The Labute approximate surface area is 91.8 Å². The van der Waals surface area contributed by atoms with Gasteiger partial charge in [-0.2, -0.15) is 5.10 Å². The SMILES string of the molecule is COC(/C=C\c1c(C(N)=O)n[nH]c1C)=C\F. The molecule has 1 rings (SSSR count). The number of rotatable bonds is 4. The topological polar surface area (TPSA) is 81.0 Å². The predicted molar refractivity (Wildman–Crippen MR) is 57.1 cm³/mol. The van der Waals surface area contributed by atoms with E-state index in [4.69, 9.17) is 10.5 Å². The van der Waals surface area contributed by atoms with Gasteiger partial charge in [-0.1, -0.05) is 0 Å². The van der Waals surface area contributed by atoms with Crippen molar-refractivity contribution in [2.24, 2.45) is 5.73 Å². The lowest BCUT2D eigenvalue weighted by atomic mass is 10.1. The number of ether oxygens (including phenoxy) is 1. The molecule has 1 aromatic heterocycles. The normalized spacial score (nSPS) is 12.1. The van der Waals surface area contributed by atoms with Gasteiger partial charge in [0.25, 0.3) is 5.91 Å². The second kappa shape index (κ2) is 5.11. The van der Waals surface area contributed by atoms with Crippen LogP contribution in [0, 0.1) is 6.92 Å². The quantitative estimate of drug-likeness (QED) is 0.598. The Morgan fingerprint density at radius 2 is 2.31 bits per heavy atom. The summed E-state index contributed by atoms with van der Waals surface area (Å²) in [4.78, 5) is 11.0. The van der Waals surface area contributed by atoms with Gasteiger partial charge in [0.1, 0.15) is 12.1 Å². The van der Waals surface area contributed by atoms with Crippen LogP contribution in [0.25, 0.3) is 6.08 Å². The molecule has 3 N–H and O–H groups in total. The number of methoxy groups -OCH3 is 1. The van der Waals surface area contributed by atoms with Crippen LogP contribution >= 0.6 is 0 Å². The Bertz CT molecular complexity index is 449. The first kappa shape index (κ1) is 12.0. The number of amides is 1. The molecule has 0 atom stereocenters. The summed E-state index contributed by atoms with van der Waals surface area (Å²) in [5.74, 6) is -0.608. The van der Waals surface area contributed by atoms with Crippen molar-refractivity contribution in [2.75, 3.05) is 7.11 Å². The van der Waals surface area contributed by atoms with Crippen molar-refractivity contribution in [1.82, 2.24) is 10.2 Å². The lowest BCUT2D eigenvalue weighted by Crippen LogP contribution is -2.12. The predicted octanol–water partition coefficient (Wildman–Crippen LogP) is 1.29. The summed E-state index contributed by atoms with van der Waals surface area (Å²) in [5.41, 5.74) is 6.42. The number of nitrogens with one attached hydrogen (secondary N) is 1. The third kappa shape index (κ3) is 2.47. The number of primary amides is 1. The molecule has 0 aliphatic rings. The Hall–Kier alpha value is -2.11. The van der Waals surface area contributed by atoms with Gasteiger partial charge in [0, 0.05) is 11.3 Å². The number of carbonyl (C=O) groups is 1. The molecule has 6 heteroatoms. The van der Waals surface area contributed by atoms with Crippen LogP contribution in [0.4, 0.5) is 4.39 Å². The molecule has 0 fully saturated rings. The van der Waals surface area contributed by atoms with Gasteiger partial charge in [0.2, 0.25) is 0 Å². The first-order chi connectivity index (χ1) is 7.60. The van der Waals surface area contributed by atoms with Crippen molar-refractivity contribution >= 4 is 12.0 Å². The van der Waals surface area contributed by atoms with Crippen LogP contribution in [0.2, 0.25) is 0 Å². The van der Waals surface area contributed by atoms with Crippen LogP contribution < -0.4 is 5.73 Å². The molecular formula is C10H12FN3O2. The first-order valence-electron chi connectivity index (χ1n) is 4.47. The summed E-state index contributed by atoms with van der Waals surface area (Å²) >= 11 is 0. The van der Waals surface area contributed by atoms with Gasteiger partial charge < -0.3 is 10.5 Å². The minimum absolute atomic E-state index is 0.0380. The number of halogens is 1. The fourth-order valence-electron chi connectivity index (χ4n) is 1.14. The second-order valence-electron chi connectivity index (χ2n) is 3.02. The number of allylic oxidation sites excluding steroid dienone is 1. The number of aromatic nitrogens is 2. The van der Waals surface area contributed by atoms with E-state index in [1.165, 1.54) is 19.3 Å². The summed E-state index contributed by atoms with van der Waals surface area (Å²) < 4.78 is 16.9. The van der Waals surface area contributed by atoms with Gasteiger partial charge in [-0.3, -0.25) is 9.89 Å². The van der Waals surface area contributed by atoms with Crippen LogP contribution in [0.5, 0.6) is 0 Å². The third-order valence-corrected chi connectivity index (χ3v) is 1.99. The fourth-order valence-corrected chi connectivity index (χ4v) is 1.14. The molecule has 0 aliphatic carbocycles. The van der Waals surface area contributed by atoms with E-state index in [0.29, 0.717) is 17.6 Å². The molecule has 0 bridgehead atoms. The number of aromatic amines is 1. The van der Waals surface area contributed by atoms with Crippen molar-refractivity contribution in [1.29, 1.82) is 0 Å². The van der Waals surface area contributed by atoms with Gasteiger partial charge in [0.15, 0.2) is 5.69 Å². The van der Waals surface area contributed by atoms with Crippen LogP contribution in [0.1, 0.15) is 21.7 Å². The van der Waals surface area contributed by atoms with E-state index < -0.39 is 5.91 Å². The third-order valence-electron chi connectivity index (χ3n) is 1.99. The van der Waals surface area contributed by atoms with Crippen molar-refractivity contribution < 1.29 is 13.9 Å². The molecule has 5 nitrogen and oxygen atoms in total. The molecule has 1 aromatic rings. The van der Waals surface area contributed by atoms with Gasteiger partial charge in [-0.05, 0) is 19.1 Å². The van der Waals surface area contributed by atoms with E-state index in [2.05, 4.69) is 10.2 Å². The number of H-pyrrole nitrogens is 1. The van der Waals surface area contributed by atoms with E-state index in [1.54, 1.807) is 6.92 Å². The maximum absolute atomic E-state index is 12.2. The van der Waals surface area contributed by atoms with Crippen molar-refractivity contribution in [3.8, 4) is 0 Å². The number of carbonyl (C=O) groups excluding carboxylic acids is 1. The largest absolute Gasteiger partial charge is 0.494 e. The number of hydrogen-bond donors (Lipinski definition) is 2. The van der Waals surface area contributed by atoms with E-state index >= 15 is 0 Å². The molecular weight excluding hydrogens is 213 g/mol. The number of aryl methyl sites for hydroxylation is 1. The maximum Gasteiger partial charge on any atom is 0.269 e. The highest BCUT2D eigenvalue weighted by atomic mass is 19.1. The lowest BCUT2D eigenvalue weighted by Gasteiger charge is -1.97. The molecule has 0 radical (unpaired) electrons. The van der Waals surface area contributed by atoms with Crippen molar-refractivity contribution in [3.05, 3.63) is 35.1 Å². The zero-order chi connectivity index (χ0) is 12.1. The standard InChI is InChI=1S/C10H12FN3O2/c1-6-8(4-3-7(5-11)16-2)9(10(12)15)14-13-6/h3-5H,1-2H3,(H2,12,15)(H,13,14)/b4-3-,7-5-. The zero-order valence-corrected chi connectivity index (χ0v) is 8.95. The molecule has 1 amide bonds.